The van der Waals surface area contributed by atoms with Crippen LogP contribution in [0, 0.1) is 35.0 Å². The van der Waals surface area contributed by atoms with Crippen molar-refractivity contribution in [1.29, 1.82) is 0 Å². The molecule has 0 aliphatic carbocycles. The fraction of sp³-hybridized carbons (Fsp3) is 0.409. The number of sulfone groups is 1. The molecule has 0 amide bonds. The summed E-state index contributed by atoms with van der Waals surface area (Å²) in [5.74, 6) is -16.0. The Morgan fingerprint density at radius 1 is 0.909 bits per heavy atom. The zero-order chi connectivity index (χ0) is 25.0. The standard InChI is InChI=1S/C22H23F5O5S/c1-22(2,3)32-21(28)14(9-10-31-11-13-7-5-4-6-8-13)12-33(29,30)20-18(26)16(24)15(23)17(25)19(20)27/h4-8,14H,9-12H2,1-3H3/t14-/m1/s1. The topological polar surface area (TPSA) is 69.7 Å². The number of halogens is 5. The van der Waals surface area contributed by atoms with Crippen LogP contribution in [0.1, 0.15) is 32.8 Å². The molecule has 0 aliphatic heterocycles. The summed E-state index contributed by atoms with van der Waals surface area (Å²) in [6.45, 7) is 4.57. The molecule has 0 bridgehead atoms. The van der Waals surface area contributed by atoms with Gasteiger partial charge in [-0.05, 0) is 32.8 Å². The molecule has 5 nitrogen and oxygen atoms in total. The molecule has 2 aromatic rings. The summed E-state index contributed by atoms with van der Waals surface area (Å²) < 4.78 is 104. The number of carbonyl (C=O) groups is 1. The fourth-order valence-electron chi connectivity index (χ4n) is 2.85. The fourth-order valence-corrected chi connectivity index (χ4v) is 4.57. The van der Waals surface area contributed by atoms with Crippen molar-refractivity contribution in [3.05, 3.63) is 65.0 Å². The van der Waals surface area contributed by atoms with Crippen molar-refractivity contribution in [2.45, 2.75) is 44.3 Å². The lowest BCUT2D eigenvalue weighted by Crippen LogP contribution is -2.33. The third-order valence-corrected chi connectivity index (χ3v) is 6.19. The first kappa shape index (κ1) is 26.7. The first-order valence-electron chi connectivity index (χ1n) is 9.83. The van der Waals surface area contributed by atoms with Crippen LogP contribution < -0.4 is 0 Å². The molecule has 1 atom stereocenters. The van der Waals surface area contributed by atoms with Crippen molar-refractivity contribution in [3.63, 3.8) is 0 Å². The van der Waals surface area contributed by atoms with Crippen molar-refractivity contribution in [2.75, 3.05) is 12.4 Å². The highest BCUT2D eigenvalue weighted by Gasteiger charge is 2.37. The predicted molar refractivity (Wildman–Crippen MR) is 108 cm³/mol. The van der Waals surface area contributed by atoms with Crippen molar-refractivity contribution in [1.82, 2.24) is 0 Å². The Kier molecular flexibility index (Phi) is 8.58. The first-order chi connectivity index (χ1) is 15.2. The highest BCUT2D eigenvalue weighted by atomic mass is 32.2. The third-order valence-electron chi connectivity index (χ3n) is 4.36. The van der Waals surface area contributed by atoms with Gasteiger partial charge in [0, 0.05) is 6.61 Å². The van der Waals surface area contributed by atoms with E-state index >= 15 is 0 Å². The molecule has 0 aromatic heterocycles. The molecule has 0 heterocycles. The minimum absolute atomic E-state index is 0.134. The van der Waals surface area contributed by atoms with Gasteiger partial charge in [-0.25, -0.2) is 30.4 Å². The van der Waals surface area contributed by atoms with Crippen molar-refractivity contribution in [3.8, 4) is 0 Å². The maximum absolute atomic E-state index is 14.1. The van der Waals surface area contributed by atoms with Gasteiger partial charge in [0.1, 0.15) is 10.5 Å². The second kappa shape index (κ2) is 10.6. The highest BCUT2D eigenvalue weighted by Crippen LogP contribution is 2.29. The van der Waals surface area contributed by atoms with Gasteiger partial charge in [0.25, 0.3) is 0 Å². The van der Waals surface area contributed by atoms with Crippen LogP contribution >= 0.6 is 0 Å². The van der Waals surface area contributed by atoms with Crippen molar-refractivity contribution in [2.24, 2.45) is 5.92 Å². The van der Waals surface area contributed by atoms with E-state index < -0.39 is 67.1 Å². The van der Waals surface area contributed by atoms with Crippen LogP contribution in [0.3, 0.4) is 0 Å². The van der Waals surface area contributed by atoms with E-state index in [2.05, 4.69) is 0 Å². The number of esters is 1. The van der Waals surface area contributed by atoms with Gasteiger partial charge in [-0.1, -0.05) is 30.3 Å². The molecular formula is C22H23F5O5S. The Morgan fingerprint density at radius 2 is 1.42 bits per heavy atom. The van der Waals surface area contributed by atoms with Crippen LogP contribution in [-0.4, -0.2) is 32.3 Å². The summed E-state index contributed by atoms with van der Waals surface area (Å²) in [4.78, 5) is 10.6. The van der Waals surface area contributed by atoms with Crippen LogP contribution in [0.2, 0.25) is 0 Å². The third kappa shape index (κ3) is 6.97. The van der Waals surface area contributed by atoms with Gasteiger partial charge in [-0.3, -0.25) is 4.79 Å². The molecule has 0 unspecified atom stereocenters. The number of ether oxygens (including phenoxy) is 2. The lowest BCUT2D eigenvalue weighted by Gasteiger charge is -2.24. The number of hydrogen-bond donors (Lipinski definition) is 0. The smallest absolute Gasteiger partial charge is 0.310 e. The average Bonchev–Trinajstić information content (AvgIpc) is 2.72. The molecular weight excluding hydrogens is 471 g/mol. The quantitative estimate of drug-likeness (QED) is 0.126. The van der Waals surface area contributed by atoms with Crippen LogP contribution in [0.4, 0.5) is 22.0 Å². The summed E-state index contributed by atoms with van der Waals surface area (Å²) in [6.07, 6.45) is -0.240. The molecule has 11 heteroatoms. The Balaban J connectivity index is 2.27. The summed E-state index contributed by atoms with van der Waals surface area (Å²) in [5, 5.41) is 0. The molecule has 0 N–H and O–H groups in total. The van der Waals surface area contributed by atoms with Gasteiger partial charge < -0.3 is 9.47 Å². The number of carbonyl (C=O) groups excluding carboxylic acids is 1. The average molecular weight is 494 g/mol. The van der Waals surface area contributed by atoms with E-state index in [1.807, 2.05) is 0 Å². The SMILES string of the molecule is CC(C)(C)OC(=O)[C@H](CCOCc1ccccc1)CS(=O)(=O)c1c(F)c(F)c(F)c(F)c1F. The van der Waals surface area contributed by atoms with Crippen LogP contribution in [0.5, 0.6) is 0 Å². The van der Waals surface area contributed by atoms with E-state index in [-0.39, 0.29) is 19.6 Å². The van der Waals surface area contributed by atoms with E-state index in [0.717, 1.165) is 5.56 Å². The maximum atomic E-state index is 14.1. The molecule has 33 heavy (non-hydrogen) atoms. The van der Waals surface area contributed by atoms with E-state index in [1.165, 1.54) is 20.8 Å². The van der Waals surface area contributed by atoms with E-state index in [1.54, 1.807) is 30.3 Å². The van der Waals surface area contributed by atoms with E-state index in [0.29, 0.717) is 0 Å². The summed E-state index contributed by atoms with van der Waals surface area (Å²) >= 11 is 0. The lowest BCUT2D eigenvalue weighted by molar-refractivity contribution is -0.159. The number of benzene rings is 2. The highest BCUT2D eigenvalue weighted by molar-refractivity contribution is 7.91. The van der Waals surface area contributed by atoms with Crippen molar-refractivity contribution >= 4 is 15.8 Å². The van der Waals surface area contributed by atoms with Gasteiger partial charge in [-0.15, -0.1) is 0 Å². The van der Waals surface area contributed by atoms with E-state index in [9.17, 15) is 35.2 Å². The maximum Gasteiger partial charge on any atom is 0.310 e. The molecule has 2 rings (SSSR count). The largest absolute Gasteiger partial charge is 0.460 e. The number of rotatable bonds is 9. The van der Waals surface area contributed by atoms with Crippen LogP contribution in [-0.2, 0) is 30.7 Å². The van der Waals surface area contributed by atoms with Gasteiger partial charge >= 0.3 is 5.97 Å². The second-order valence-corrected chi connectivity index (χ2v) is 10.2. The molecule has 0 aliphatic rings. The van der Waals surface area contributed by atoms with Gasteiger partial charge in [-0.2, -0.15) is 0 Å². The molecule has 2 aromatic carbocycles. The Bertz CT molecular complexity index is 1070. The first-order valence-corrected chi connectivity index (χ1v) is 11.5. The zero-order valence-electron chi connectivity index (χ0n) is 18.1. The normalized spacial score (nSPS) is 13.1. The minimum Gasteiger partial charge on any atom is -0.460 e. The van der Waals surface area contributed by atoms with E-state index in [4.69, 9.17) is 9.47 Å². The second-order valence-electron chi connectivity index (χ2n) is 8.24. The summed E-state index contributed by atoms with van der Waals surface area (Å²) in [6, 6.07) is 8.90. The number of hydrogen-bond acceptors (Lipinski definition) is 5. The molecule has 0 fully saturated rings. The lowest BCUT2D eigenvalue weighted by atomic mass is 10.1. The molecule has 0 radical (unpaired) electrons. The monoisotopic (exact) mass is 494 g/mol. The zero-order valence-corrected chi connectivity index (χ0v) is 18.9. The molecule has 182 valence electrons. The van der Waals surface area contributed by atoms with Crippen LogP contribution in [0.25, 0.3) is 0 Å². The summed E-state index contributed by atoms with van der Waals surface area (Å²) in [7, 11) is -5.13. The predicted octanol–water partition coefficient (Wildman–Crippen LogP) is 4.72. The van der Waals surface area contributed by atoms with Crippen molar-refractivity contribution < 1.29 is 44.6 Å². The molecule has 0 saturated heterocycles. The Morgan fingerprint density at radius 3 is 1.94 bits per heavy atom. The van der Waals surface area contributed by atoms with Gasteiger partial charge in [0.2, 0.25) is 5.82 Å². The summed E-state index contributed by atoms with van der Waals surface area (Å²) in [5.41, 5.74) is -0.213. The van der Waals surface area contributed by atoms with Gasteiger partial charge in [0.15, 0.2) is 33.1 Å². The molecule has 0 spiro atoms. The molecule has 0 saturated carbocycles. The minimum atomic E-state index is -5.13. The van der Waals surface area contributed by atoms with Gasteiger partial charge in [0.05, 0.1) is 18.3 Å². The Hall–Kier alpha value is -2.53. The Labute approximate surface area is 188 Å². The van der Waals surface area contributed by atoms with Crippen LogP contribution in [0.15, 0.2) is 35.2 Å².